The highest BCUT2D eigenvalue weighted by molar-refractivity contribution is 5.83. The third-order valence-electron chi connectivity index (χ3n) is 3.87. The van der Waals surface area contributed by atoms with E-state index in [1.807, 2.05) is 24.3 Å². The minimum atomic E-state index is 0.372. The average Bonchev–Trinajstić information content (AvgIpc) is 2.91. The van der Waals surface area contributed by atoms with Gasteiger partial charge in [-0.1, -0.05) is 36.4 Å². The van der Waals surface area contributed by atoms with E-state index in [0.29, 0.717) is 5.75 Å². The summed E-state index contributed by atoms with van der Waals surface area (Å²) in [7, 11) is 2.08. The number of benzene rings is 2. The number of H-pyrrole nitrogens is 1. The number of aromatic amines is 1. The van der Waals surface area contributed by atoms with Gasteiger partial charge < -0.3 is 15.0 Å². The van der Waals surface area contributed by atoms with Crippen molar-refractivity contribution in [1.82, 2.24) is 9.88 Å². The fourth-order valence-corrected chi connectivity index (χ4v) is 2.66. The number of aromatic nitrogens is 1. The van der Waals surface area contributed by atoms with Crippen LogP contribution in [0.4, 0.5) is 0 Å². The second kappa shape index (κ2) is 6.02. The van der Waals surface area contributed by atoms with Crippen LogP contribution in [0.15, 0.2) is 54.7 Å². The number of phenolic OH excluding ortho intramolecular Hbond substituents is 1. The molecule has 0 saturated heterocycles. The Hall–Kier alpha value is -2.26. The molecule has 0 atom stereocenters. The first-order valence-corrected chi connectivity index (χ1v) is 7.24. The smallest absolute Gasteiger partial charge is 0.120 e. The average molecular weight is 280 g/mol. The van der Waals surface area contributed by atoms with Crippen LogP contribution in [-0.2, 0) is 13.0 Å². The van der Waals surface area contributed by atoms with Gasteiger partial charge >= 0.3 is 0 Å². The molecule has 0 spiro atoms. The van der Waals surface area contributed by atoms with Gasteiger partial charge in [-0.3, -0.25) is 0 Å². The number of fused-ring (bicyclic) bond motifs is 1. The van der Waals surface area contributed by atoms with Crippen molar-refractivity contribution in [3.8, 4) is 5.75 Å². The maximum Gasteiger partial charge on any atom is 0.120 e. The summed E-state index contributed by atoms with van der Waals surface area (Å²) in [6, 6.07) is 15.9. The molecular weight excluding hydrogens is 260 g/mol. The molecule has 0 bridgehead atoms. The summed E-state index contributed by atoms with van der Waals surface area (Å²) in [5.41, 5.74) is 3.50. The molecule has 2 N–H and O–H groups in total. The summed E-state index contributed by atoms with van der Waals surface area (Å²) in [6.45, 7) is 1.71. The van der Waals surface area contributed by atoms with Crippen molar-refractivity contribution in [3.05, 3.63) is 65.9 Å². The minimum absolute atomic E-state index is 0.372. The highest BCUT2D eigenvalue weighted by Crippen LogP contribution is 2.20. The molecule has 1 aromatic heterocycles. The van der Waals surface area contributed by atoms with Crippen LogP contribution in [-0.4, -0.2) is 28.6 Å². The lowest BCUT2D eigenvalue weighted by atomic mass is 10.1. The number of aromatic hydroxyl groups is 1. The fraction of sp³-hybridized carbons (Fsp3) is 0.222. The lowest BCUT2D eigenvalue weighted by molar-refractivity contribution is 0.324. The summed E-state index contributed by atoms with van der Waals surface area (Å²) in [6.07, 6.45) is 3.09. The molecule has 0 fully saturated rings. The molecule has 1 heterocycles. The largest absolute Gasteiger partial charge is 0.508 e. The Balaban J connectivity index is 1.63. The molecule has 21 heavy (non-hydrogen) atoms. The summed E-state index contributed by atoms with van der Waals surface area (Å²) in [5, 5.41) is 11.1. The van der Waals surface area contributed by atoms with Gasteiger partial charge in [-0.05, 0) is 31.2 Å². The summed E-state index contributed by atoms with van der Waals surface area (Å²) in [5.74, 6) is 0.372. The van der Waals surface area contributed by atoms with Crippen LogP contribution in [0.1, 0.15) is 11.1 Å². The molecule has 3 heteroatoms. The van der Waals surface area contributed by atoms with Crippen molar-refractivity contribution in [2.45, 2.75) is 13.0 Å². The van der Waals surface area contributed by atoms with Crippen LogP contribution in [0.2, 0.25) is 0 Å². The molecule has 0 radical (unpaired) electrons. The van der Waals surface area contributed by atoms with Gasteiger partial charge in [0.2, 0.25) is 0 Å². The van der Waals surface area contributed by atoms with E-state index in [9.17, 15) is 5.11 Å². The van der Waals surface area contributed by atoms with Crippen molar-refractivity contribution in [3.63, 3.8) is 0 Å². The van der Waals surface area contributed by atoms with Crippen LogP contribution >= 0.6 is 0 Å². The highest BCUT2D eigenvalue weighted by atomic mass is 16.3. The van der Waals surface area contributed by atoms with Crippen LogP contribution in [0.5, 0.6) is 5.75 Å². The molecule has 0 unspecified atom stereocenters. The Bertz CT molecular complexity index is 733. The van der Waals surface area contributed by atoms with Gasteiger partial charge in [0.05, 0.1) is 0 Å². The maximum atomic E-state index is 9.82. The number of para-hydroxylation sites is 2. The Morgan fingerprint density at radius 2 is 1.76 bits per heavy atom. The zero-order chi connectivity index (χ0) is 14.7. The molecule has 2 aromatic carbocycles. The SMILES string of the molecule is CN(CCc1c[nH]c2ccccc12)Cc1ccccc1O. The molecule has 0 aliphatic rings. The number of rotatable bonds is 5. The molecule has 108 valence electrons. The number of hydrogen-bond acceptors (Lipinski definition) is 2. The van der Waals surface area contributed by atoms with Gasteiger partial charge in [-0.15, -0.1) is 0 Å². The van der Waals surface area contributed by atoms with Crippen molar-refractivity contribution in [2.24, 2.45) is 0 Å². The lowest BCUT2D eigenvalue weighted by Crippen LogP contribution is -2.20. The quantitative estimate of drug-likeness (QED) is 0.750. The monoisotopic (exact) mass is 280 g/mol. The summed E-state index contributed by atoms with van der Waals surface area (Å²) >= 11 is 0. The Morgan fingerprint density at radius 1 is 1.00 bits per heavy atom. The van der Waals surface area contributed by atoms with Crippen LogP contribution in [0.3, 0.4) is 0 Å². The Kier molecular flexibility index (Phi) is 3.93. The molecule has 0 saturated carbocycles. The van der Waals surface area contributed by atoms with Crippen molar-refractivity contribution >= 4 is 10.9 Å². The van der Waals surface area contributed by atoms with Crippen molar-refractivity contribution in [2.75, 3.05) is 13.6 Å². The lowest BCUT2D eigenvalue weighted by Gasteiger charge is -2.17. The van der Waals surface area contributed by atoms with Gasteiger partial charge in [-0.25, -0.2) is 0 Å². The zero-order valence-electron chi connectivity index (χ0n) is 12.2. The van der Waals surface area contributed by atoms with Crippen LogP contribution < -0.4 is 0 Å². The summed E-state index contributed by atoms with van der Waals surface area (Å²) in [4.78, 5) is 5.55. The predicted molar refractivity (Wildman–Crippen MR) is 86.4 cm³/mol. The molecule has 3 aromatic rings. The van der Waals surface area contributed by atoms with E-state index < -0.39 is 0 Å². The number of hydrogen-bond donors (Lipinski definition) is 2. The van der Waals surface area contributed by atoms with E-state index in [0.717, 1.165) is 25.1 Å². The minimum Gasteiger partial charge on any atom is -0.508 e. The van der Waals surface area contributed by atoms with E-state index in [1.54, 1.807) is 6.07 Å². The predicted octanol–water partition coefficient (Wildman–Crippen LogP) is 3.55. The molecule has 0 amide bonds. The third kappa shape index (κ3) is 3.09. The number of nitrogens with one attached hydrogen (secondary N) is 1. The van der Waals surface area contributed by atoms with Crippen molar-refractivity contribution in [1.29, 1.82) is 0 Å². The topological polar surface area (TPSA) is 39.3 Å². The van der Waals surface area contributed by atoms with E-state index in [4.69, 9.17) is 0 Å². The number of phenols is 1. The normalized spacial score (nSPS) is 11.3. The van der Waals surface area contributed by atoms with Gasteiger partial charge in [0, 0.05) is 35.8 Å². The second-order valence-corrected chi connectivity index (χ2v) is 5.48. The maximum absolute atomic E-state index is 9.82. The third-order valence-corrected chi connectivity index (χ3v) is 3.87. The molecular formula is C18H20N2O. The van der Waals surface area contributed by atoms with E-state index >= 15 is 0 Å². The van der Waals surface area contributed by atoms with E-state index in [-0.39, 0.29) is 0 Å². The fourth-order valence-electron chi connectivity index (χ4n) is 2.66. The van der Waals surface area contributed by atoms with Gasteiger partial charge in [-0.2, -0.15) is 0 Å². The van der Waals surface area contributed by atoms with E-state index in [1.165, 1.54) is 16.5 Å². The Morgan fingerprint density at radius 3 is 2.62 bits per heavy atom. The first kappa shape index (κ1) is 13.7. The summed E-state index contributed by atoms with van der Waals surface area (Å²) < 4.78 is 0. The highest BCUT2D eigenvalue weighted by Gasteiger charge is 2.07. The second-order valence-electron chi connectivity index (χ2n) is 5.48. The molecule has 0 aliphatic heterocycles. The standard InChI is InChI=1S/C18H20N2O/c1-20(13-15-6-2-5-9-18(15)21)11-10-14-12-19-17-8-4-3-7-16(14)17/h2-9,12,19,21H,10-11,13H2,1H3. The van der Waals surface area contributed by atoms with Gasteiger partial charge in [0.15, 0.2) is 0 Å². The van der Waals surface area contributed by atoms with Crippen molar-refractivity contribution < 1.29 is 5.11 Å². The first-order chi connectivity index (χ1) is 10.2. The van der Waals surface area contributed by atoms with Gasteiger partial charge in [0.25, 0.3) is 0 Å². The molecule has 0 aliphatic carbocycles. The number of nitrogens with zero attached hydrogens (tertiary/aromatic N) is 1. The number of likely N-dealkylation sites (N-methyl/N-ethyl adjacent to an activating group) is 1. The Labute approximate surface area is 124 Å². The van der Waals surface area contributed by atoms with E-state index in [2.05, 4.69) is 41.3 Å². The first-order valence-electron chi connectivity index (χ1n) is 7.24. The molecule has 3 nitrogen and oxygen atoms in total. The van der Waals surface area contributed by atoms with Crippen LogP contribution in [0, 0.1) is 0 Å². The molecule has 3 rings (SSSR count). The van der Waals surface area contributed by atoms with Gasteiger partial charge in [0.1, 0.15) is 5.75 Å². The van der Waals surface area contributed by atoms with Crippen LogP contribution in [0.25, 0.3) is 10.9 Å². The zero-order valence-corrected chi connectivity index (χ0v) is 12.2.